The Morgan fingerprint density at radius 2 is 1.48 bits per heavy atom. The third-order valence-electron chi connectivity index (χ3n) is 4.22. The van der Waals surface area contributed by atoms with Crippen molar-refractivity contribution >= 4 is 24.2 Å². The van der Waals surface area contributed by atoms with Gasteiger partial charge in [-0.05, 0) is 35.1 Å². The second-order valence-electron chi connectivity index (χ2n) is 6.47. The van der Waals surface area contributed by atoms with Crippen LogP contribution in [0.3, 0.4) is 0 Å². The maximum atomic E-state index is 11.8. The number of hydrogen-bond acceptors (Lipinski definition) is 4. The topological polar surface area (TPSA) is 95.7 Å². The lowest BCUT2D eigenvalue weighted by molar-refractivity contribution is -0.130. The molecule has 0 heterocycles. The van der Waals surface area contributed by atoms with Gasteiger partial charge in [-0.25, -0.2) is 5.48 Å². The van der Waals surface area contributed by atoms with Gasteiger partial charge in [-0.2, -0.15) is 0 Å². The first-order valence-electron chi connectivity index (χ1n) is 8.48. The van der Waals surface area contributed by atoms with Gasteiger partial charge in [0.05, 0.1) is 6.04 Å². The molecule has 0 fully saturated rings. The molecule has 0 spiro atoms. The predicted octanol–water partition coefficient (Wildman–Crippen LogP) is 2.17. The Hall–Kier alpha value is -2.41. The molecule has 0 aliphatic heterocycles. The van der Waals surface area contributed by atoms with E-state index in [0.717, 1.165) is 22.3 Å². The number of rotatable bonds is 7. The summed E-state index contributed by atoms with van der Waals surface area (Å²) < 4.78 is 0. The predicted molar refractivity (Wildman–Crippen MR) is 108 cm³/mol. The Morgan fingerprint density at radius 1 is 1.00 bits per heavy atom. The van der Waals surface area contributed by atoms with Gasteiger partial charge in [0.25, 0.3) is 0 Å². The van der Waals surface area contributed by atoms with Crippen molar-refractivity contribution in [3.63, 3.8) is 0 Å². The van der Waals surface area contributed by atoms with Gasteiger partial charge in [0.2, 0.25) is 11.8 Å². The Balaban J connectivity index is 0.00000364. The summed E-state index contributed by atoms with van der Waals surface area (Å²) in [4.78, 5) is 24.4. The summed E-state index contributed by atoms with van der Waals surface area (Å²) in [5, 5.41) is 8.51. The average molecular weight is 392 g/mol. The van der Waals surface area contributed by atoms with E-state index >= 15 is 0 Å². The zero-order valence-electron chi connectivity index (χ0n) is 15.5. The monoisotopic (exact) mass is 391 g/mol. The first-order chi connectivity index (χ1) is 12.4. The fourth-order valence-electron chi connectivity index (χ4n) is 2.68. The Bertz CT molecular complexity index is 746. The van der Waals surface area contributed by atoms with E-state index in [2.05, 4.69) is 0 Å². The molecule has 0 radical (unpaired) electrons. The number of likely N-dealkylation sites (N-methyl/N-ethyl adjacent to an activating group) is 1. The van der Waals surface area contributed by atoms with E-state index < -0.39 is 11.9 Å². The highest BCUT2D eigenvalue weighted by Gasteiger charge is 2.15. The van der Waals surface area contributed by atoms with Crippen molar-refractivity contribution in [3.8, 4) is 11.1 Å². The van der Waals surface area contributed by atoms with Crippen molar-refractivity contribution in [1.82, 2.24) is 10.4 Å². The van der Waals surface area contributed by atoms with Crippen LogP contribution in [0.4, 0.5) is 0 Å². The molecular formula is C20H26ClN3O3. The highest BCUT2D eigenvalue weighted by Crippen LogP contribution is 2.21. The Morgan fingerprint density at radius 3 is 1.93 bits per heavy atom. The van der Waals surface area contributed by atoms with Gasteiger partial charge in [0.15, 0.2) is 0 Å². The zero-order chi connectivity index (χ0) is 19.1. The minimum absolute atomic E-state index is 0. The quantitative estimate of drug-likeness (QED) is 0.498. The number of carbonyl (C=O) groups excluding carboxylic acids is 2. The molecule has 0 bridgehead atoms. The summed E-state index contributed by atoms with van der Waals surface area (Å²) in [5.41, 5.74) is 11.8. The van der Waals surface area contributed by atoms with Crippen molar-refractivity contribution in [2.45, 2.75) is 25.3 Å². The SMILES string of the molecule is CN(C)C(=O)[C@@H](N)Cc1ccc(-c2ccc(CCC(=O)NO)cc2)cc1.Cl. The Kier molecular flexibility index (Phi) is 8.94. The molecule has 0 aliphatic rings. The number of nitrogens with two attached hydrogens (primary N) is 1. The van der Waals surface area contributed by atoms with Gasteiger partial charge >= 0.3 is 0 Å². The number of halogens is 1. The second kappa shape index (κ2) is 10.7. The summed E-state index contributed by atoms with van der Waals surface area (Å²) in [7, 11) is 3.40. The molecule has 6 nitrogen and oxygen atoms in total. The van der Waals surface area contributed by atoms with E-state index in [-0.39, 0.29) is 24.7 Å². The largest absolute Gasteiger partial charge is 0.347 e. The minimum Gasteiger partial charge on any atom is -0.347 e. The molecule has 4 N–H and O–H groups in total. The molecule has 0 saturated heterocycles. The third-order valence-corrected chi connectivity index (χ3v) is 4.22. The number of carbonyl (C=O) groups is 2. The summed E-state index contributed by atoms with van der Waals surface area (Å²) in [5.74, 6) is -0.477. The van der Waals surface area contributed by atoms with E-state index in [1.165, 1.54) is 4.90 Å². The number of hydrogen-bond donors (Lipinski definition) is 3. The molecule has 7 heteroatoms. The van der Waals surface area contributed by atoms with Gasteiger partial charge in [0, 0.05) is 20.5 Å². The normalized spacial score (nSPS) is 11.3. The minimum atomic E-state index is -0.536. The molecule has 0 unspecified atom stereocenters. The van der Waals surface area contributed by atoms with Gasteiger partial charge < -0.3 is 10.6 Å². The molecule has 0 aromatic heterocycles. The third kappa shape index (κ3) is 6.67. The van der Waals surface area contributed by atoms with E-state index in [0.29, 0.717) is 12.8 Å². The molecule has 27 heavy (non-hydrogen) atoms. The van der Waals surface area contributed by atoms with Crippen LogP contribution in [0.15, 0.2) is 48.5 Å². The van der Waals surface area contributed by atoms with Crippen molar-refractivity contribution in [3.05, 3.63) is 59.7 Å². The van der Waals surface area contributed by atoms with Crippen LogP contribution in [0.1, 0.15) is 17.5 Å². The second-order valence-corrected chi connectivity index (χ2v) is 6.47. The number of aryl methyl sites for hydroxylation is 1. The summed E-state index contributed by atoms with van der Waals surface area (Å²) >= 11 is 0. The lowest BCUT2D eigenvalue weighted by Crippen LogP contribution is -2.41. The van der Waals surface area contributed by atoms with Crippen LogP contribution in [0, 0.1) is 0 Å². The van der Waals surface area contributed by atoms with Crippen LogP contribution in [0.2, 0.25) is 0 Å². The molecule has 0 aliphatic carbocycles. The molecule has 2 rings (SSSR count). The van der Waals surface area contributed by atoms with Crippen LogP contribution >= 0.6 is 12.4 Å². The van der Waals surface area contributed by atoms with Gasteiger partial charge in [-0.15, -0.1) is 12.4 Å². The number of nitrogens with one attached hydrogen (secondary N) is 1. The van der Waals surface area contributed by atoms with E-state index in [1.54, 1.807) is 19.6 Å². The van der Waals surface area contributed by atoms with Crippen molar-refractivity contribution < 1.29 is 14.8 Å². The number of hydroxylamine groups is 1. The van der Waals surface area contributed by atoms with Crippen molar-refractivity contribution in [1.29, 1.82) is 0 Å². The summed E-state index contributed by atoms with van der Waals surface area (Å²) in [6, 6.07) is 15.4. The first kappa shape index (κ1) is 22.6. The molecule has 2 amide bonds. The number of benzene rings is 2. The van der Waals surface area contributed by atoms with Crippen molar-refractivity contribution in [2.75, 3.05) is 14.1 Å². The van der Waals surface area contributed by atoms with E-state index in [1.807, 2.05) is 48.5 Å². The van der Waals surface area contributed by atoms with Crippen LogP contribution < -0.4 is 11.2 Å². The number of amides is 2. The van der Waals surface area contributed by atoms with Crippen LogP contribution in [-0.2, 0) is 22.4 Å². The van der Waals surface area contributed by atoms with E-state index in [9.17, 15) is 9.59 Å². The zero-order valence-corrected chi connectivity index (χ0v) is 16.3. The molecule has 0 saturated carbocycles. The maximum Gasteiger partial charge on any atom is 0.243 e. The lowest BCUT2D eigenvalue weighted by atomic mass is 9.99. The standard InChI is InChI=1S/C20H25N3O3.ClH/c1-23(2)20(25)18(21)13-15-5-10-17(11-6-15)16-8-3-14(4-9-16)7-12-19(24)22-26;/h3-6,8-11,18,26H,7,12-13,21H2,1-2H3,(H,22,24);1H/t18-;/m0./s1. The van der Waals surface area contributed by atoms with Crippen LogP contribution in [0.25, 0.3) is 11.1 Å². The molecule has 2 aromatic rings. The van der Waals surface area contributed by atoms with Crippen LogP contribution in [-0.4, -0.2) is 42.1 Å². The lowest BCUT2D eigenvalue weighted by Gasteiger charge is -2.16. The van der Waals surface area contributed by atoms with Crippen LogP contribution in [0.5, 0.6) is 0 Å². The van der Waals surface area contributed by atoms with E-state index in [4.69, 9.17) is 10.9 Å². The van der Waals surface area contributed by atoms with Crippen molar-refractivity contribution in [2.24, 2.45) is 5.73 Å². The summed E-state index contributed by atoms with van der Waals surface area (Å²) in [6.45, 7) is 0. The highest BCUT2D eigenvalue weighted by atomic mass is 35.5. The first-order valence-corrected chi connectivity index (χ1v) is 8.48. The molecular weight excluding hydrogens is 366 g/mol. The summed E-state index contributed by atoms with van der Waals surface area (Å²) in [6.07, 6.45) is 1.32. The molecule has 146 valence electrons. The smallest absolute Gasteiger partial charge is 0.243 e. The van der Waals surface area contributed by atoms with Gasteiger partial charge in [-0.3, -0.25) is 14.8 Å². The fourth-order valence-corrected chi connectivity index (χ4v) is 2.68. The highest BCUT2D eigenvalue weighted by molar-refractivity contribution is 5.85. The molecule has 2 aromatic carbocycles. The number of nitrogens with zero attached hydrogens (tertiary/aromatic N) is 1. The average Bonchev–Trinajstić information content (AvgIpc) is 2.66. The Labute approximate surface area is 165 Å². The molecule has 1 atom stereocenters. The fraction of sp³-hybridized carbons (Fsp3) is 0.300. The maximum absolute atomic E-state index is 11.8. The van der Waals surface area contributed by atoms with Gasteiger partial charge in [0.1, 0.15) is 0 Å². The van der Waals surface area contributed by atoms with Gasteiger partial charge in [-0.1, -0.05) is 48.5 Å².